The maximum absolute atomic E-state index is 12.5. The number of benzene rings is 1. The zero-order chi connectivity index (χ0) is 18.6. The Kier molecular flexibility index (Phi) is 6.16. The Hall–Kier alpha value is -1.95. The second kappa shape index (κ2) is 7.95. The molecule has 0 saturated carbocycles. The summed E-state index contributed by atoms with van der Waals surface area (Å²) in [6, 6.07) is 6.22. The predicted octanol–water partition coefficient (Wildman–Crippen LogP) is 3.35. The Labute approximate surface area is 149 Å². The standard InChI is InChI=1S/C19H28N2O4/c1-19(2,3)16-6-9-18(23)20(11-10-16)12-15(13-22)14-4-7-17(8-5-14)21(24)25/h4-5,7-8,15-16,22H,6,9-13H2,1-3H3. The molecule has 6 heteroatoms. The van der Waals surface area contributed by atoms with Crippen molar-refractivity contribution in [2.24, 2.45) is 11.3 Å². The van der Waals surface area contributed by atoms with Crippen molar-refractivity contribution in [2.45, 2.75) is 46.0 Å². The van der Waals surface area contributed by atoms with Gasteiger partial charge in [-0.3, -0.25) is 14.9 Å². The molecule has 1 aliphatic rings. The van der Waals surface area contributed by atoms with Crippen molar-refractivity contribution in [1.82, 2.24) is 4.90 Å². The van der Waals surface area contributed by atoms with Gasteiger partial charge < -0.3 is 10.0 Å². The van der Waals surface area contributed by atoms with E-state index in [1.165, 1.54) is 12.1 Å². The summed E-state index contributed by atoms with van der Waals surface area (Å²) >= 11 is 0. The van der Waals surface area contributed by atoms with Crippen LogP contribution in [0.4, 0.5) is 5.69 Å². The highest BCUT2D eigenvalue weighted by Crippen LogP contribution is 2.35. The summed E-state index contributed by atoms with van der Waals surface area (Å²) in [5.41, 5.74) is 1.03. The van der Waals surface area contributed by atoms with Gasteiger partial charge in [0, 0.05) is 37.6 Å². The zero-order valence-corrected chi connectivity index (χ0v) is 15.3. The summed E-state index contributed by atoms with van der Waals surface area (Å²) in [5, 5.41) is 20.5. The number of nitrogens with zero attached hydrogens (tertiary/aromatic N) is 2. The highest BCUT2D eigenvalue weighted by Gasteiger charge is 2.30. The number of aliphatic hydroxyl groups is 1. The van der Waals surface area contributed by atoms with Crippen molar-refractivity contribution < 1.29 is 14.8 Å². The van der Waals surface area contributed by atoms with Crippen LogP contribution in [-0.4, -0.2) is 40.5 Å². The average molecular weight is 348 g/mol. The van der Waals surface area contributed by atoms with Gasteiger partial charge in [-0.1, -0.05) is 32.9 Å². The zero-order valence-electron chi connectivity index (χ0n) is 15.3. The van der Waals surface area contributed by atoms with Crippen LogP contribution in [0.5, 0.6) is 0 Å². The molecule has 2 rings (SSSR count). The molecule has 2 atom stereocenters. The van der Waals surface area contributed by atoms with Crippen molar-refractivity contribution in [3.05, 3.63) is 39.9 Å². The van der Waals surface area contributed by atoms with Crippen LogP contribution in [-0.2, 0) is 4.79 Å². The van der Waals surface area contributed by atoms with Gasteiger partial charge in [-0.15, -0.1) is 0 Å². The van der Waals surface area contributed by atoms with Gasteiger partial charge in [0.1, 0.15) is 0 Å². The summed E-state index contributed by atoms with van der Waals surface area (Å²) in [7, 11) is 0. The Morgan fingerprint density at radius 1 is 1.28 bits per heavy atom. The second-order valence-corrected chi connectivity index (χ2v) is 7.96. The molecule has 1 amide bonds. The van der Waals surface area contributed by atoms with Gasteiger partial charge in [-0.25, -0.2) is 0 Å². The van der Waals surface area contributed by atoms with E-state index in [0.29, 0.717) is 25.4 Å². The summed E-state index contributed by atoms with van der Waals surface area (Å²) < 4.78 is 0. The third kappa shape index (κ3) is 5.01. The number of carbonyl (C=O) groups excluding carboxylic acids is 1. The molecule has 0 radical (unpaired) electrons. The fraction of sp³-hybridized carbons (Fsp3) is 0.632. The van der Waals surface area contributed by atoms with E-state index >= 15 is 0 Å². The number of amides is 1. The number of hydrogen-bond acceptors (Lipinski definition) is 4. The molecule has 1 aromatic carbocycles. The fourth-order valence-corrected chi connectivity index (χ4v) is 3.50. The number of likely N-dealkylation sites (tertiary alicyclic amines) is 1. The third-order valence-electron chi connectivity index (χ3n) is 5.27. The number of carbonyl (C=O) groups is 1. The SMILES string of the molecule is CC(C)(C)C1CCC(=O)N(CC(CO)c2ccc([N+](=O)[O-])cc2)CC1. The molecule has 138 valence electrons. The minimum absolute atomic E-state index is 0.0271. The molecule has 2 unspecified atom stereocenters. The van der Waals surface area contributed by atoms with Crippen LogP contribution < -0.4 is 0 Å². The van der Waals surface area contributed by atoms with Gasteiger partial charge in [0.15, 0.2) is 0 Å². The first kappa shape index (κ1) is 19.4. The van der Waals surface area contributed by atoms with Crippen LogP contribution in [0, 0.1) is 21.4 Å². The molecule has 0 aliphatic carbocycles. The number of hydrogen-bond donors (Lipinski definition) is 1. The monoisotopic (exact) mass is 348 g/mol. The van der Waals surface area contributed by atoms with Crippen molar-refractivity contribution in [1.29, 1.82) is 0 Å². The van der Waals surface area contributed by atoms with Gasteiger partial charge in [0.2, 0.25) is 5.91 Å². The van der Waals surface area contributed by atoms with E-state index in [4.69, 9.17) is 0 Å². The van der Waals surface area contributed by atoms with Crippen molar-refractivity contribution in [3.8, 4) is 0 Å². The largest absolute Gasteiger partial charge is 0.396 e. The molecule has 1 saturated heterocycles. The van der Waals surface area contributed by atoms with E-state index in [0.717, 1.165) is 18.4 Å². The van der Waals surface area contributed by atoms with E-state index in [-0.39, 0.29) is 29.5 Å². The molecule has 6 nitrogen and oxygen atoms in total. The van der Waals surface area contributed by atoms with Crippen LogP contribution in [0.1, 0.15) is 51.5 Å². The Bertz CT molecular complexity index is 607. The van der Waals surface area contributed by atoms with E-state index in [9.17, 15) is 20.0 Å². The van der Waals surface area contributed by atoms with E-state index in [1.54, 1.807) is 12.1 Å². The lowest BCUT2D eigenvalue weighted by Gasteiger charge is -2.30. The molecule has 0 aromatic heterocycles. The van der Waals surface area contributed by atoms with Gasteiger partial charge in [0.05, 0.1) is 11.5 Å². The number of nitro benzene ring substituents is 1. The quantitative estimate of drug-likeness (QED) is 0.653. The topological polar surface area (TPSA) is 83.7 Å². The van der Waals surface area contributed by atoms with E-state index in [1.807, 2.05) is 4.90 Å². The van der Waals surface area contributed by atoms with Crippen LogP contribution in [0.2, 0.25) is 0 Å². The molecular weight excluding hydrogens is 320 g/mol. The van der Waals surface area contributed by atoms with Crippen LogP contribution in [0.3, 0.4) is 0 Å². The first-order chi connectivity index (χ1) is 11.7. The Morgan fingerprint density at radius 2 is 1.92 bits per heavy atom. The maximum Gasteiger partial charge on any atom is 0.269 e. The number of nitro groups is 1. The van der Waals surface area contributed by atoms with Crippen molar-refractivity contribution >= 4 is 11.6 Å². The summed E-state index contributed by atoms with van der Waals surface area (Å²) in [6.45, 7) is 7.69. The highest BCUT2D eigenvalue weighted by molar-refractivity contribution is 5.76. The third-order valence-corrected chi connectivity index (χ3v) is 5.27. The number of aliphatic hydroxyl groups excluding tert-OH is 1. The first-order valence-corrected chi connectivity index (χ1v) is 8.85. The first-order valence-electron chi connectivity index (χ1n) is 8.85. The van der Waals surface area contributed by atoms with Crippen LogP contribution >= 0.6 is 0 Å². The summed E-state index contributed by atoms with van der Waals surface area (Å²) in [4.78, 5) is 24.6. The highest BCUT2D eigenvalue weighted by atomic mass is 16.6. The van der Waals surface area contributed by atoms with Crippen LogP contribution in [0.25, 0.3) is 0 Å². The normalized spacial score (nSPS) is 20.2. The average Bonchev–Trinajstić information content (AvgIpc) is 2.74. The molecule has 1 fully saturated rings. The minimum atomic E-state index is -0.442. The van der Waals surface area contributed by atoms with Crippen molar-refractivity contribution in [2.75, 3.05) is 19.7 Å². The number of rotatable bonds is 5. The van der Waals surface area contributed by atoms with Gasteiger partial charge >= 0.3 is 0 Å². The lowest BCUT2D eigenvalue weighted by atomic mass is 9.77. The maximum atomic E-state index is 12.5. The molecule has 1 heterocycles. The molecular formula is C19H28N2O4. The molecule has 1 aliphatic heterocycles. The lowest BCUT2D eigenvalue weighted by molar-refractivity contribution is -0.384. The summed E-state index contributed by atoms with van der Waals surface area (Å²) in [5.74, 6) is 0.413. The lowest BCUT2D eigenvalue weighted by Crippen LogP contribution is -2.35. The van der Waals surface area contributed by atoms with Gasteiger partial charge in [-0.05, 0) is 29.7 Å². The van der Waals surface area contributed by atoms with Crippen LogP contribution in [0.15, 0.2) is 24.3 Å². The Morgan fingerprint density at radius 3 is 2.44 bits per heavy atom. The van der Waals surface area contributed by atoms with E-state index < -0.39 is 4.92 Å². The van der Waals surface area contributed by atoms with Gasteiger partial charge in [-0.2, -0.15) is 0 Å². The predicted molar refractivity (Wildman–Crippen MR) is 96.3 cm³/mol. The molecule has 1 aromatic rings. The van der Waals surface area contributed by atoms with Gasteiger partial charge in [0.25, 0.3) is 5.69 Å². The molecule has 25 heavy (non-hydrogen) atoms. The summed E-state index contributed by atoms with van der Waals surface area (Å²) in [6.07, 6.45) is 2.41. The minimum Gasteiger partial charge on any atom is -0.396 e. The second-order valence-electron chi connectivity index (χ2n) is 7.96. The smallest absolute Gasteiger partial charge is 0.269 e. The van der Waals surface area contributed by atoms with Crippen molar-refractivity contribution in [3.63, 3.8) is 0 Å². The molecule has 0 spiro atoms. The Balaban J connectivity index is 2.07. The fourth-order valence-electron chi connectivity index (χ4n) is 3.50. The number of non-ortho nitro benzene ring substituents is 1. The molecule has 0 bridgehead atoms. The molecule has 1 N–H and O–H groups in total. The van der Waals surface area contributed by atoms with E-state index in [2.05, 4.69) is 20.8 Å².